The number of aliphatic carboxylic acids is 1. The van der Waals surface area contributed by atoms with Gasteiger partial charge >= 0.3 is 12.0 Å². The maximum Gasteiger partial charge on any atom is 0.317 e. The Hall–Kier alpha value is -2.02. The van der Waals surface area contributed by atoms with Crippen molar-refractivity contribution < 1.29 is 23.8 Å². The van der Waals surface area contributed by atoms with Crippen LogP contribution in [0.5, 0.6) is 0 Å². The fourth-order valence-corrected chi connectivity index (χ4v) is 2.39. The lowest BCUT2D eigenvalue weighted by atomic mass is 10.2. The summed E-state index contributed by atoms with van der Waals surface area (Å²) in [7, 11) is 0. The summed E-state index contributed by atoms with van der Waals surface area (Å²) in [6, 6.07) is 3.38. The van der Waals surface area contributed by atoms with Crippen LogP contribution in [0.4, 0.5) is 4.79 Å². The van der Waals surface area contributed by atoms with Gasteiger partial charge in [-0.05, 0) is 31.4 Å². The minimum atomic E-state index is -0.860. The second-order valence-corrected chi connectivity index (χ2v) is 5.32. The molecule has 2 rings (SSSR count). The first kappa shape index (κ1) is 16.4. The average molecular weight is 310 g/mol. The summed E-state index contributed by atoms with van der Waals surface area (Å²) in [5.41, 5.74) is 0. The third kappa shape index (κ3) is 5.40. The van der Waals surface area contributed by atoms with Crippen LogP contribution in [0.2, 0.25) is 0 Å². The molecule has 2 heterocycles. The summed E-state index contributed by atoms with van der Waals surface area (Å²) in [6.45, 7) is 1.95. The molecule has 7 heteroatoms. The Morgan fingerprint density at radius 2 is 2.32 bits per heavy atom. The van der Waals surface area contributed by atoms with Crippen molar-refractivity contribution in [1.29, 1.82) is 0 Å². The fourth-order valence-electron chi connectivity index (χ4n) is 2.39. The number of nitrogens with one attached hydrogen (secondary N) is 1. The third-order valence-electron chi connectivity index (χ3n) is 3.51. The lowest BCUT2D eigenvalue weighted by Crippen LogP contribution is -2.43. The SMILES string of the molecule is O=C(O)CCCNC(=O)N(Cc1ccco1)CC1CCCO1. The van der Waals surface area contributed by atoms with E-state index in [0.717, 1.165) is 19.4 Å². The van der Waals surface area contributed by atoms with Crippen molar-refractivity contribution in [3.63, 3.8) is 0 Å². The van der Waals surface area contributed by atoms with E-state index in [9.17, 15) is 9.59 Å². The molecule has 0 radical (unpaired) electrons. The summed E-state index contributed by atoms with van der Waals surface area (Å²) < 4.78 is 10.9. The topological polar surface area (TPSA) is 92.0 Å². The van der Waals surface area contributed by atoms with Crippen molar-refractivity contribution in [2.75, 3.05) is 19.7 Å². The largest absolute Gasteiger partial charge is 0.481 e. The Morgan fingerprint density at radius 3 is 2.95 bits per heavy atom. The molecule has 0 saturated carbocycles. The van der Waals surface area contributed by atoms with Gasteiger partial charge in [0.15, 0.2) is 0 Å². The standard InChI is InChI=1S/C15H22N2O5/c18-14(19)6-1-7-16-15(20)17(10-12-4-2-8-21-12)11-13-5-3-9-22-13/h2,4,8,13H,1,3,5-7,9-11H2,(H,16,20)(H,18,19). The van der Waals surface area contributed by atoms with Crippen molar-refractivity contribution in [2.24, 2.45) is 0 Å². The molecule has 122 valence electrons. The zero-order valence-corrected chi connectivity index (χ0v) is 12.5. The lowest BCUT2D eigenvalue weighted by Gasteiger charge is -2.25. The van der Waals surface area contributed by atoms with Crippen LogP contribution in [0.25, 0.3) is 0 Å². The summed E-state index contributed by atoms with van der Waals surface area (Å²) in [6.07, 6.45) is 4.05. The van der Waals surface area contributed by atoms with E-state index in [1.54, 1.807) is 17.2 Å². The van der Waals surface area contributed by atoms with Gasteiger partial charge in [-0.15, -0.1) is 0 Å². The summed E-state index contributed by atoms with van der Waals surface area (Å²) in [5.74, 6) is -0.153. The lowest BCUT2D eigenvalue weighted by molar-refractivity contribution is -0.137. The van der Waals surface area contributed by atoms with Gasteiger partial charge in [-0.3, -0.25) is 4.79 Å². The molecule has 0 bridgehead atoms. The van der Waals surface area contributed by atoms with E-state index in [4.69, 9.17) is 14.3 Å². The van der Waals surface area contributed by atoms with Crippen molar-refractivity contribution in [3.8, 4) is 0 Å². The average Bonchev–Trinajstić information content (AvgIpc) is 3.16. The normalized spacial score (nSPS) is 17.4. The van der Waals surface area contributed by atoms with E-state index in [0.29, 0.717) is 31.8 Å². The zero-order valence-electron chi connectivity index (χ0n) is 12.5. The Balaban J connectivity index is 1.84. The summed E-state index contributed by atoms with van der Waals surface area (Å²) >= 11 is 0. The molecule has 1 fully saturated rings. The number of rotatable bonds is 8. The molecule has 1 saturated heterocycles. The number of urea groups is 1. The fraction of sp³-hybridized carbons (Fsp3) is 0.600. The highest BCUT2D eigenvalue weighted by molar-refractivity contribution is 5.74. The van der Waals surface area contributed by atoms with Crippen LogP contribution in [-0.2, 0) is 16.1 Å². The first-order valence-electron chi connectivity index (χ1n) is 7.53. The number of carboxylic acid groups (broad SMARTS) is 1. The molecule has 7 nitrogen and oxygen atoms in total. The van der Waals surface area contributed by atoms with E-state index >= 15 is 0 Å². The van der Waals surface area contributed by atoms with Gasteiger partial charge in [0.25, 0.3) is 0 Å². The van der Waals surface area contributed by atoms with Crippen LogP contribution in [0.15, 0.2) is 22.8 Å². The number of furan rings is 1. The van der Waals surface area contributed by atoms with Gasteiger partial charge in [0.1, 0.15) is 5.76 Å². The van der Waals surface area contributed by atoms with Gasteiger partial charge in [0, 0.05) is 26.1 Å². The first-order chi connectivity index (χ1) is 10.6. The molecule has 22 heavy (non-hydrogen) atoms. The molecular weight excluding hydrogens is 288 g/mol. The van der Waals surface area contributed by atoms with Gasteiger partial charge < -0.3 is 24.5 Å². The van der Waals surface area contributed by atoms with Crippen LogP contribution in [0.1, 0.15) is 31.4 Å². The number of carboxylic acids is 1. The maximum absolute atomic E-state index is 12.3. The summed E-state index contributed by atoms with van der Waals surface area (Å²) in [5, 5.41) is 11.3. The van der Waals surface area contributed by atoms with Gasteiger partial charge in [-0.25, -0.2) is 4.79 Å². The van der Waals surface area contributed by atoms with Crippen LogP contribution in [-0.4, -0.2) is 47.8 Å². The van der Waals surface area contributed by atoms with Crippen molar-refractivity contribution >= 4 is 12.0 Å². The number of carbonyl (C=O) groups excluding carboxylic acids is 1. The predicted octanol–water partition coefficient (Wildman–Crippen LogP) is 1.83. The van der Waals surface area contributed by atoms with Gasteiger partial charge in [0.2, 0.25) is 0 Å². The van der Waals surface area contributed by atoms with Crippen molar-refractivity contribution in [3.05, 3.63) is 24.2 Å². The number of nitrogens with zero attached hydrogens (tertiary/aromatic N) is 1. The summed E-state index contributed by atoms with van der Waals surface area (Å²) in [4.78, 5) is 24.4. The zero-order chi connectivity index (χ0) is 15.8. The molecule has 2 N–H and O–H groups in total. The van der Waals surface area contributed by atoms with Crippen molar-refractivity contribution in [1.82, 2.24) is 10.2 Å². The maximum atomic E-state index is 12.3. The molecule has 0 aliphatic carbocycles. The Labute approximate surface area is 129 Å². The molecular formula is C15H22N2O5. The number of ether oxygens (including phenoxy) is 1. The van der Waals surface area contributed by atoms with E-state index in [1.165, 1.54) is 0 Å². The molecule has 0 aromatic carbocycles. The number of hydrogen-bond donors (Lipinski definition) is 2. The van der Waals surface area contributed by atoms with Gasteiger partial charge in [-0.2, -0.15) is 0 Å². The first-order valence-corrected chi connectivity index (χ1v) is 7.53. The van der Waals surface area contributed by atoms with E-state index in [-0.39, 0.29) is 18.6 Å². The van der Waals surface area contributed by atoms with E-state index in [1.807, 2.05) is 6.07 Å². The molecule has 1 aliphatic rings. The van der Waals surface area contributed by atoms with E-state index < -0.39 is 5.97 Å². The van der Waals surface area contributed by atoms with Gasteiger partial charge in [0.05, 0.1) is 18.9 Å². The monoisotopic (exact) mass is 310 g/mol. The van der Waals surface area contributed by atoms with Gasteiger partial charge in [-0.1, -0.05) is 0 Å². The molecule has 1 aromatic rings. The highest BCUT2D eigenvalue weighted by atomic mass is 16.5. The van der Waals surface area contributed by atoms with Crippen LogP contribution in [0.3, 0.4) is 0 Å². The number of carbonyl (C=O) groups is 2. The quantitative estimate of drug-likeness (QED) is 0.715. The van der Waals surface area contributed by atoms with Crippen LogP contribution >= 0.6 is 0 Å². The highest BCUT2D eigenvalue weighted by Crippen LogP contribution is 2.15. The molecule has 0 spiro atoms. The third-order valence-corrected chi connectivity index (χ3v) is 3.51. The molecule has 1 unspecified atom stereocenters. The van der Waals surface area contributed by atoms with Crippen molar-refractivity contribution in [2.45, 2.75) is 38.3 Å². The predicted molar refractivity (Wildman–Crippen MR) is 78.4 cm³/mol. The molecule has 2 amide bonds. The molecule has 1 aliphatic heterocycles. The minimum Gasteiger partial charge on any atom is -0.481 e. The smallest absolute Gasteiger partial charge is 0.317 e. The van der Waals surface area contributed by atoms with E-state index in [2.05, 4.69) is 5.32 Å². The highest BCUT2D eigenvalue weighted by Gasteiger charge is 2.23. The molecule has 1 aromatic heterocycles. The Bertz CT molecular complexity index is 468. The minimum absolute atomic E-state index is 0.0458. The van der Waals surface area contributed by atoms with Crippen LogP contribution in [0, 0.1) is 0 Å². The second-order valence-electron chi connectivity index (χ2n) is 5.32. The Morgan fingerprint density at radius 1 is 1.45 bits per heavy atom. The Kier molecular flexibility index (Phi) is 6.27. The second kappa shape index (κ2) is 8.43. The molecule has 1 atom stereocenters. The number of hydrogen-bond acceptors (Lipinski definition) is 4. The van der Waals surface area contributed by atoms with Crippen LogP contribution < -0.4 is 5.32 Å². The number of amides is 2.